The summed E-state index contributed by atoms with van der Waals surface area (Å²) in [5.74, 6) is 0.239. The molecule has 0 bridgehead atoms. The SMILES string of the molecule is CN(C)CCOc1ccc(CC#N)cc1[N+](=O)[O-]. The average molecular weight is 249 g/mol. The molecular formula is C12H15N3O3. The normalized spacial score (nSPS) is 10.1. The summed E-state index contributed by atoms with van der Waals surface area (Å²) in [7, 11) is 3.79. The molecule has 0 heterocycles. The Bertz CT molecular complexity index is 466. The number of nitriles is 1. The second kappa shape index (κ2) is 6.57. The van der Waals surface area contributed by atoms with Gasteiger partial charge in [-0.1, -0.05) is 6.07 Å². The summed E-state index contributed by atoms with van der Waals surface area (Å²) in [6.45, 7) is 1.06. The Morgan fingerprint density at radius 2 is 2.22 bits per heavy atom. The zero-order valence-electron chi connectivity index (χ0n) is 10.4. The maximum absolute atomic E-state index is 10.9. The molecule has 1 rings (SSSR count). The van der Waals surface area contributed by atoms with Crippen molar-refractivity contribution in [1.82, 2.24) is 4.90 Å². The molecule has 0 unspecified atom stereocenters. The summed E-state index contributed by atoms with van der Waals surface area (Å²) in [6, 6.07) is 6.55. The monoisotopic (exact) mass is 249 g/mol. The van der Waals surface area contributed by atoms with Crippen LogP contribution in [0.3, 0.4) is 0 Å². The predicted octanol–water partition coefficient (Wildman–Crippen LogP) is 1.60. The van der Waals surface area contributed by atoms with Gasteiger partial charge in [-0.2, -0.15) is 5.26 Å². The van der Waals surface area contributed by atoms with Gasteiger partial charge >= 0.3 is 5.69 Å². The number of benzene rings is 1. The highest BCUT2D eigenvalue weighted by Gasteiger charge is 2.15. The van der Waals surface area contributed by atoms with Gasteiger partial charge < -0.3 is 9.64 Å². The van der Waals surface area contributed by atoms with Crippen molar-refractivity contribution in [2.45, 2.75) is 6.42 Å². The molecule has 6 nitrogen and oxygen atoms in total. The first-order valence-electron chi connectivity index (χ1n) is 5.46. The number of rotatable bonds is 6. The number of hydrogen-bond acceptors (Lipinski definition) is 5. The van der Waals surface area contributed by atoms with Crippen LogP contribution >= 0.6 is 0 Å². The molecule has 0 aliphatic heterocycles. The minimum absolute atomic E-state index is 0.0958. The van der Waals surface area contributed by atoms with Crippen molar-refractivity contribution in [3.63, 3.8) is 0 Å². The molecule has 96 valence electrons. The summed E-state index contributed by atoms with van der Waals surface area (Å²) >= 11 is 0. The van der Waals surface area contributed by atoms with Crippen LogP contribution < -0.4 is 4.74 Å². The summed E-state index contributed by atoms with van der Waals surface area (Å²) in [6.07, 6.45) is 0.152. The fraction of sp³-hybridized carbons (Fsp3) is 0.417. The smallest absolute Gasteiger partial charge is 0.311 e. The molecule has 0 spiro atoms. The second-order valence-corrected chi connectivity index (χ2v) is 4.05. The van der Waals surface area contributed by atoms with Gasteiger partial charge in [0.1, 0.15) is 6.61 Å². The fourth-order valence-corrected chi connectivity index (χ4v) is 1.37. The van der Waals surface area contributed by atoms with E-state index in [1.54, 1.807) is 12.1 Å². The number of hydrogen-bond donors (Lipinski definition) is 0. The van der Waals surface area contributed by atoms with E-state index in [1.165, 1.54) is 6.07 Å². The van der Waals surface area contributed by atoms with Crippen LogP contribution in [0, 0.1) is 21.4 Å². The number of nitro benzene ring substituents is 1. The minimum Gasteiger partial charge on any atom is -0.485 e. The van der Waals surface area contributed by atoms with Gasteiger partial charge in [0.2, 0.25) is 0 Å². The zero-order chi connectivity index (χ0) is 13.5. The third-order valence-corrected chi connectivity index (χ3v) is 2.30. The van der Waals surface area contributed by atoms with E-state index in [2.05, 4.69) is 0 Å². The maximum Gasteiger partial charge on any atom is 0.311 e. The predicted molar refractivity (Wildman–Crippen MR) is 66.5 cm³/mol. The van der Waals surface area contributed by atoms with Gasteiger partial charge in [0.15, 0.2) is 5.75 Å². The molecule has 18 heavy (non-hydrogen) atoms. The Morgan fingerprint density at radius 1 is 1.50 bits per heavy atom. The van der Waals surface area contributed by atoms with Crippen LogP contribution in [0.1, 0.15) is 5.56 Å². The van der Waals surface area contributed by atoms with Crippen molar-refractivity contribution in [2.75, 3.05) is 27.2 Å². The van der Waals surface area contributed by atoms with Crippen LogP contribution in [0.25, 0.3) is 0 Å². The summed E-state index contributed by atoms with van der Waals surface area (Å²) < 4.78 is 5.38. The van der Waals surface area contributed by atoms with E-state index < -0.39 is 4.92 Å². The van der Waals surface area contributed by atoms with E-state index in [0.717, 1.165) is 0 Å². The molecule has 0 amide bonds. The van der Waals surface area contributed by atoms with E-state index in [-0.39, 0.29) is 17.9 Å². The summed E-state index contributed by atoms with van der Waals surface area (Å²) in [4.78, 5) is 12.3. The standard InChI is InChI=1S/C12H15N3O3/c1-14(2)7-8-18-12-4-3-10(5-6-13)9-11(12)15(16)17/h3-4,9H,5,7-8H2,1-2H3. The topological polar surface area (TPSA) is 79.4 Å². The number of ether oxygens (including phenoxy) is 1. The van der Waals surface area contributed by atoms with Gasteiger partial charge in [-0.3, -0.25) is 10.1 Å². The van der Waals surface area contributed by atoms with E-state index >= 15 is 0 Å². The average Bonchev–Trinajstić information content (AvgIpc) is 2.30. The molecule has 0 aliphatic rings. The molecule has 0 fully saturated rings. The van der Waals surface area contributed by atoms with Crippen LogP contribution in [0.2, 0.25) is 0 Å². The molecule has 0 aliphatic carbocycles. The molecule has 0 saturated heterocycles. The van der Waals surface area contributed by atoms with Crippen LogP contribution in [-0.4, -0.2) is 37.1 Å². The lowest BCUT2D eigenvalue weighted by molar-refractivity contribution is -0.385. The van der Waals surface area contributed by atoms with Crippen molar-refractivity contribution < 1.29 is 9.66 Å². The molecule has 0 saturated carbocycles. The summed E-state index contributed by atoms with van der Waals surface area (Å²) in [5, 5.41) is 19.5. The molecule has 0 aromatic heterocycles. The highest BCUT2D eigenvalue weighted by atomic mass is 16.6. The van der Waals surface area contributed by atoms with Crippen LogP contribution in [-0.2, 0) is 6.42 Å². The van der Waals surface area contributed by atoms with E-state index in [4.69, 9.17) is 10.00 Å². The van der Waals surface area contributed by atoms with Gasteiger partial charge in [-0.15, -0.1) is 0 Å². The highest BCUT2D eigenvalue weighted by molar-refractivity contribution is 5.49. The van der Waals surface area contributed by atoms with Gasteiger partial charge in [0.05, 0.1) is 17.4 Å². The van der Waals surface area contributed by atoms with Gasteiger partial charge in [-0.05, 0) is 25.7 Å². The zero-order valence-corrected chi connectivity index (χ0v) is 10.4. The first kappa shape index (κ1) is 13.9. The van der Waals surface area contributed by atoms with Crippen molar-refractivity contribution in [1.29, 1.82) is 5.26 Å². The van der Waals surface area contributed by atoms with Crippen molar-refractivity contribution in [3.05, 3.63) is 33.9 Å². The van der Waals surface area contributed by atoms with E-state index in [9.17, 15) is 10.1 Å². The van der Waals surface area contributed by atoms with E-state index in [1.807, 2.05) is 25.1 Å². The largest absolute Gasteiger partial charge is 0.485 e. The summed E-state index contributed by atoms with van der Waals surface area (Å²) in [5.41, 5.74) is 0.519. The van der Waals surface area contributed by atoms with Crippen molar-refractivity contribution in [2.24, 2.45) is 0 Å². The number of nitro groups is 1. The lowest BCUT2D eigenvalue weighted by Crippen LogP contribution is -2.19. The number of nitrogens with zero attached hydrogens (tertiary/aromatic N) is 3. The quantitative estimate of drug-likeness (QED) is 0.565. The first-order chi connectivity index (χ1) is 8.54. The second-order valence-electron chi connectivity index (χ2n) is 4.05. The lowest BCUT2D eigenvalue weighted by Gasteiger charge is -2.11. The number of likely N-dealkylation sites (N-methyl/N-ethyl adjacent to an activating group) is 1. The van der Waals surface area contributed by atoms with Crippen LogP contribution in [0.5, 0.6) is 5.75 Å². The highest BCUT2D eigenvalue weighted by Crippen LogP contribution is 2.28. The third kappa shape index (κ3) is 4.03. The Morgan fingerprint density at radius 3 is 2.78 bits per heavy atom. The molecule has 0 atom stereocenters. The third-order valence-electron chi connectivity index (χ3n) is 2.30. The first-order valence-corrected chi connectivity index (χ1v) is 5.46. The van der Waals surface area contributed by atoms with Gasteiger partial charge in [0.25, 0.3) is 0 Å². The Kier molecular flexibility index (Phi) is 5.08. The maximum atomic E-state index is 10.9. The molecule has 1 aromatic carbocycles. The van der Waals surface area contributed by atoms with Crippen molar-refractivity contribution >= 4 is 5.69 Å². The Hall–Kier alpha value is -2.13. The van der Waals surface area contributed by atoms with Gasteiger partial charge in [-0.25, -0.2) is 0 Å². The molecule has 1 aromatic rings. The van der Waals surface area contributed by atoms with Crippen LogP contribution in [0.15, 0.2) is 18.2 Å². The Balaban J connectivity index is 2.84. The van der Waals surface area contributed by atoms with Crippen molar-refractivity contribution in [3.8, 4) is 11.8 Å². The minimum atomic E-state index is -0.494. The molecule has 6 heteroatoms. The Labute approximate surface area is 106 Å². The fourth-order valence-electron chi connectivity index (χ4n) is 1.37. The van der Waals surface area contributed by atoms with E-state index in [0.29, 0.717) is 18.7 Å². The lowest BCUT2D eigenvalue weighted by atomic mass is 10.1. The molecule has 0 radical (unpaired) electrons. The molecule has 0 N–H and O–H groups in total. The van der Waals surface area contributed by atoms with Gasteiger partial charge in [0, 0.05) is 12.6 Å². The molecular weight excluding hydrogens is 234 g/mol. The van der Waals surface area contributed by atoms with Crippen LogP contribution in [0.4, 0.5) is 5.69 Å².